The van der Waals surface area contributed by atoms with Crippen molar-refractivity contribution >= 4 is 39.3 Å². The third kappa shape index (κ3) is 6.08. The molecule has 1 aliphatic rings. The van der Waals surface area contributed by atoms with E-state index in [1.807, 2.05) is 38.1 Å². The molecule has 1 atom stereocenters. The Balaban J connectivity index is 1.95. The fourth-order valence-corrected chi connectivity index (χ4v) is 5.78. The van der Waals surface area contributed by atoms with Crippen LogP contribution in [0.1, 0.15) is 44.9 Å². The summed E-state index contributed by atoms with van der Waals surface area (Å²) in [5.74, 6) is 1.13. The second-order valence-electron chi connectivity index (χ2n) is 9.16. The molecule has 210 valence electrons. The van der Waals surface area contributed by atoms with Gasteiger partial charge in [0.15, 0.2) is 16.3 Å². The average molecular weight is 628 g/mol. The number of aromatic nitrogens is 1. The smallest absolute Gasteiger partial charge is 0.338 e. The third-order valence-electron chi connectivity index (χ3n) is 6.00. The van der Waals surface area contributed by atoms with Crippen molar-refractivity contribution in [3.8, 4) is 17.2 Å². The molecule has 0 radical (unpaired) electrons. The van der Waals surface area contributed by atoms with Gasteiger partial charge >= 0.3 is 5.97 Å². The lowest BCUT2D eigenvalue weighted by atomic mass is 9.95. The Hall–Kier alpha value is -3.63. The minimum Gasteiger partial charge on any atom is -0.493 e. The predicted molar refractivity (Wildman–Crippen MR) is 159 cm³/mol. The Morgan fingerprint density at radius 1 is 1.20 bits per heavy atom. The van der Waals surface area contributed by atoms with Gasteiger partial charge in [0.2, 0.25) is 0 Å². The average Bonchev–Trinajstić information content (AvgIpc) is 3.21. The highest BCUT2D eigenvalue weighted by Crippen LogP contribution is 2.36. The Labute approximate surface area is 245 Å². The predicted octanol–water partition coefficient (Wildman–Crippen LogP) is 4.92. The van der Waals surface area contributed by atoms with Gasteiger partial charge in [0, 0.05) is 10.0 Å². The number of carbonyl (C=O) groups is 1. The topological polar surface area (TPSA) is 88.3 Å². The summed E-state index contributed by atoms with van der Waals surface area (Å²) in [6.07, 6.45) is 3.37. The molecule has 2 aromatic carbocycles. The minimum absolute atomic E-state index is 0.0620. The number of hydrogen-bond donors (Lipinski definition) is 0. The van der Waals surface area contributed by atoms with Gasteiger partial charge < -0.3 is 18.9 Å². The van der Waals surface area contributed by atoms with Crippen LogP contribution in [0.15, 0.2) is 74.6 Å². The van der Waals surface area contributed by atoms with Crippen molar-refractivity contribution in [3.63, 3.8) is 0 Å². The lowest BCUT2D eigenvalue weighted by Gasteiger charge is -2.25. The van der Waals surface area contributed by atoms with Gasteiger partial charge in [0.25, 0.3) is 5.56 Å². The summed E-state index contributed by atoms with van der Waals surface area (Å²) in [5.41, 5.74) is 1.86. The highest BCUT2D eigenvalue weighted by molar-refractivity contribution is 9.10. The number of hydrogen-bond acceptors (Lipinski definition) is 8. The number of fused-ring (bicyclic) bond motifs is 1. The second-order valence-corrected chi connectivity index (χ2v) is 11.1. The highest BCUT2D eigenvalue weighted by atomic mass is 79.9. The van der Waals surface area contributed by atoms with Gasteiger partial charge in [-0.05, 0) is 69.7 Å². The first kappa shape index (κ1) is 29.4. The van der Waals surface area contributed by atoms with Gasteiger partial charge in [-0.15, -0.1) is 0 Å². The molecule has 4 rings (SSSR count). The van der Waals surface area contributed by atoms with Gasteiger partial charge in [0.1, 0.15) is 12.4 Å². The molecule has 8 nitrogen and oxygen atoms in total. The van der Waals surface area contributed by atoms with E-state index in [-0.39, 0.29) is 23.8 Å². The van der Waals surface area contributed by atoms with E-state index in [4.69, 9.17) is 18.9 Å². The van der Waals surface area contributed by atoms with Gasteiger partial charge in [-0.3, -0.25) is 9.36 Å². The van der Waals surface area contributed by atoms with Crippen molar-refractivity contribution in [3.05, 3.63) is 95.6 Å². The first-order chi connectivity index (χ1) is 19.2. The summed E-state index contributed by atoms with van der Waals surface area (Å²) >= 11 is 4.74. The first-order valence-corrected chi connectivity index (χ1v) is 14.4. The standard InChI is InChI=1S/C30H31BrN2O6S/c1-7-13-38-22-12-10-21(31)14-20(22)16-25-28(34)33-27(19-9-11-23(39-17(3)4)24(15-19)36-6)26(29(35)37-8-2)18(5)32-30(33)40-25/h7,9-12,14-17,27H,1,8,13H2,2-6H3/b25-16+/t27-/m0/s1. The monoisotopic (exact) mass is 626 g/mol. The lowest BCUT2D eigenvalue weighted by molar-refractivity contribution is -0.139. The number of halogens is 1. The molecular weight excluding hydrogens is 596 g/mol. The Morgan fingerprint density at radius 2 is 1.95 bits per heavy atom. The molecular formula is C30H31BrN2O6S. The van der Waals surface area contributed by atoms with Gasteiger partial charge in [-0.2, -0.15) is 0 Å². The Kier molecular flexibility index (Phi) is 9.32. The molecule has 40 heavy (non-hydrogen) atoms. The normalized spacial score (nSPS) is 15.0. The zero-order chi connectivity index (χ0) is 29.0. The van der Waals surface area contributed by atoms with Crippen molar-refractivity contribution in [2.75, 3.05) is 20.3 Å². The molecule has 1 aromatic heterocycles. The zero-order valence-corrected chi connectivity index (χ0v) is 25.4. The molecule has 0 saturated carbocycles. The number of carbonyl (C=O) groups excluding carboxylic acids is 1. The van der Waals surface area contributed by atoms with E-state index < -0.39 is 12.0 Å². The highest BCUT2D eigenvalue weighted by Gasteiger charge is 2.34. The maximum atomic E-state index is 14.0. The van der Waals surface area contributed by atoms with Crippen LogP contribution in [0.5, 0.6) is 17.2 Å². The number of thiazole rings is 1. The van der Waals surface area contributed by atoms with E-state index >= 15 is 0 Å². The van der Waals surface area contributed by atoms with Crippen molar-refractivity contribution in [1.82, 2.24) is 4.57 Å². The van der Waals surface area contributed by atoms with E-state index in [9.17, 15) is 9.59 Å². The summed E-state index contributed by atoms with van der Waals surface area (Å²) in [4.78, 5) is 32.3. The fraction of sp³-hybridized carbons (Fsp3) is 0.300. The number of nitrogens with zero attached hydrogens (tertiary/aromatic N) is 2. The second kappa shape index (κ2) is 12.7. The zero-order valence-electron chi connectivity index (χ0n) is 23.0. The molecule has 3 aromatic rings. The molecule has 0 spiro atoms. The van der Waals surface area contributed by atoms with Crippen LogP contribution < -0.4 is 29.1 Å². The number of ether oxygens (including phenoxy) is 4. The maximum Gasteiger partial charge on any atom is 0.338 e. The molecule has 0 fully saturated rings. The van der Waals surface area contributed by atoms with Crippen molar-refractivity contribution in [2.45, 2.75) is 39.8 Å². The molecule has 10 heteroatoms. The van der Waals surface area contributed by atoms with E-state index in [1.165, 1.54) is 15.9 Å². The third-order valence-corrected chi connectivity index (χ3v) is 7.47. The van der Waals surface area contributed by atoms with Gasteiger partial charge in [-0.25, -0.2) is 9.79 Å². The van der Waals surface area contributed by atoms with Crippen LogP contribution in [0.2, 0.25) is 0 Å². The van der Waals surface area contributed by atoms with Crippen molar-refractivity contribution in [1.29, 1.82) is 0 Å². The van der Waals surface area contributed by atoms with Crippen LogP contribution in [0.4, 0.5) is 0 Å². The molecule has 0 N–H and O–H groups in total. The first-order valence-electron chi connectivity index (χ1n) is 12.8. The van der Waals surface area contributed by atoms with Crippen molar-refractivity contribution < 1.29 is 23.7 Å². The number of benzene rings is 2. The van der Waals surface area contributed by atoms with Crippen LogP contribution in [0, 0.1) is 0 Å². The van der Waals surface area contributed by atoms with Gasteiger partial charge in [0.05, 0.1) is 41.7 Å². The Morgan fingerprint density at radius 3 is 2.62 bits per heavy atom. The van der Waals surface area contributed by atoms with Crippen LogP contribution >= 0.6 is 27.3 Å². The van der Waals surface area contributed by atoms with Crippen LogP contribution in [0.25, 0.3) is 6.08 Å². The number of allylic oxidation sites excluding steroid dienone is 1. The SMILES string of the molecule is C=CCOc1ccc(Br)cc1/C=c1/sc2n(c1=O)[C@@H](c1ccc(OC(C)C)c(OC)c1)C(C(=O)OCC)=C(C)N=2. The summed E-state index contributed by atoms with van der Waals surface area (Å²) in [7, 11) is 1.55. The minimum atomic E-state index is -0.779. The lowest BCUT2D eigenvalue weighted by Crippen LogP contribution is -2.40. The quantitative estimate of drug-likeness (QED) is 0.234. The molecule has 0 saturated heterocycles. The fourth-order valence-electron chi connectivity index (χ4n) is 4.37. The molecule has 0 bridgehead atoms. The summed E-state index contributed by atoms with van der Waals surface area (Å²) in [6, 6.07) is 10.2. The number of esters is 1. The molecule has 2 heterocycles. The number of methoxy groups -OCH3 is 1. The van der Waals surface area contributed by atoms with E-state index in [0.29, 0.717) is 44.4 Å². The molecule has 0 unspecified atom stereocenters. The maximum absolute atomic E-state index is 14.0. The summed E-state index contributed by atoms with van der Waals surface area (Å²) in [5, 5.41) is 0. The van der Waals surface area contributed by atoms with Crippen LogP contribution in [-0.2, 0) is 9.53 Å². The van der Waals surface area contributed by atoms with Crippen LogP contribution in [-0.4, -0.2) is 37.0 Å². The van der Waals surface area contributed by atoms with Crippen molar-refractivity contribution in [2.24, 2.45) is 4.99 Å². The number of rotatable bonds is 10. The summed E-state index contributed by atoms with van der Waals surface area (Å²) < 4.78 is 25.5. The molecule has 0 amide bonds. The van der Waals surface area contributed by atoms with E-state index in [0.717, 1.165) is 10.0 Å². The largest absolute Gasteiger partial charge is 0.493 e. The molecule has 1 aliphatic heterocycles. The Bertz CT molecular complexity index is 1650. The molecule has 0 aliphatic carbocycles. The summed E-state index contributed by atoms with van der Waals surface area (Å²) in [6.45, 7) is 11.6. The van der Waals surface area contributed by atoms with Gasteiger partial charge in [-0.1, -0.05) is 46.0 Å². The van der Waals surface area contributed by atoms with E-state index in [1.54, 1.807) is 45.2 Å². The van der Waals surface area contributed by atoms with E-state index in [2.05, 4.69) is 27.5 Å². The van der Waals surface area contributed by atoms with Crippen LogP contribution in [0.3, 0.4) is 0 Å².